The molecule has 19 heavy (non-hydrogen) atoms. The minimum absolute atomic E-state index is 0.0412. The van der Waals surface area contributed by atoms with E-state index >= 15 is 0 Å². The molecule has 0 aliphatic rings. The number of aromatic nitrogens is 3. The van der Waals surface area contributed by atoms with Crippen LogP contribution in [0.2, 0.25) is 5.28 Å². The third-order valence-electron chi connectivity index (χ3n) is 2.54. The van der Waals surface area contributed by atoms with E-state index in [0.29, 0.717) is 23.7 Å². The fourth-order valence-corrected chi connectivity index (χ4v) is 1.75. The van der Waals surface area contributed by atoms with E-state index in [0.717, 1.165) is 0 Å². The molecule has 1 heterocycles. The van der Waals surface area contributed by atoms with Gasteiger partial charge in [-0.2, -0.15) is 0 Å². The first-order chi connectivity index (χ1) is 9.04. The lowest BCUT2D eigenvalue weighted by atomic mass is 10.1. The highest BCUT2D eigenvalue weighted by Crippen LogP contribution is 2.32. The number of benzene rings is 1. The summed E-state index contributed by atoms with van der Waals surface area (Å²) in [5.74, 6) is 0.868. The van der Waals surface area contributed by atoms with Crippen LogP contribution in [-0.4, -0.2) is 26.3 Å². The van der Waals surface area contributed by atoms with Crippen LogP contribution >= 0.6 is 11.6 Å². The Bertz CT molecular complexity index is 626. The maximum atomic E-state index is 10.8. The molecule has 0 unspecified atom stereocenters. The van der Waals surface area contributed by atoms with Crippen molar-refractivity contribution in [3.05, 3.63) is 33.6 Å². The predicted octanol–water partition coefficient (Wildman–Crippen LogP) is 2.44. The monoisotopic (exact) mass is 282 g/mol. The van der Waals surface area contributed by atoms with Gasteiger partial charge < -0.3 is 9.30 Å². The number of rotatable bonds is 4. The summed E-state index contributed by atoms with van der Waals surface area (Å²) < 4.78 is 6.99. The summed E-state index contributed by atoms with van der Waals surface area (Å²) in [6, 6.07) is 4.32. The molecule has 7 nitrogen and oxygen atoms in total. The summed E-state index contributed by atoms with van der Waals surface area (Å²) in [5, 5.41) is 18.7. The van der Waals surface area contributed by atoms with Gasteiger partial charge in [-0.25, -0.2) is 0 Å². The second-order valence-electron chi connectivity index (χ2n) is 3.72. The molecule has 1 aromatic carbocycles. The van der Waals surface area contributed by atoms with Gasteiger partial charge in [0.15, 0.2) is 5.82 Å². The van der Waals surface area contributed by atoms with Crippen molar-refractivity contribution < 1.29 is 9.66 Å². The number of hydrogen-bond donors (Lipinski definition) is 0. The number of nitro groups is 1. The van der Waals surface area contributed by atoms with E-state index in [-0.39, 0.29) is 11.0 Å². The second-order valence-corrected chi connectivity index (χ2v) is 4.06. The van der Waals surface area contributed by atoms with Crippen molar-refractivity contribution in [2.75, 3.05) is 6.61 Å². The van der Waals surface area contributed by atoms with E-state index < -0.39 is 4.92 Å². The summed E-state index contributed by atoms with van der Waals surface area (Å²) in [6.07, 6.45) is 0. The predicted molar refractivity (Wildman–Crippen MR) is 69.3 cm³/mol. The van der Waals surface area contributed by atoms with Gasteiger partial charge in [0.2, 0.25) is 5.28 Å². The molecule has 0 aliphatic carbocycles. The number of hydrogen-bond acceptors (Lipinski definition) is 5. The van der Waals surface area contributed by atoms with Crippen molar-refractivity contribution in [1.82, 2.24) is 14.8 Å². The lowest BCUT2D eigenvalue weighted by molar-refractivity contribution is -0.384. The molecule has 0 saturated heterocycles. The maximum absolute atomic E-state index is 10.8. The quantitative estimate of drug-likeness (QED) is 0.635. The molecule has 0 fully saturated rings. The Morgan fingerprint density at radius 2 is 2.21 bits per heavy atom. The first-order valence-electron chi connectivity index (χ1n) is 5.51. The standard InChI is InChI=1S/C11H11ClN4O3/c1-3-19-9-6-7(16(17)18)4-5-8(9)10-13-14-11(12)15(10)2/h4-6H,3H2,1-2H3. The molecule has 0 bridgehead atoms. The third-order valence-corrected chi connectivity index (χ3v) is 2.87. The molecule has 100 valence electrons. The Balaban J connectivity index is 2.56. The molecule has 0 amide bonds. The van der Waals surface area contributed by atoms with Crippen LogP contribution in [0.3, 0.4) is 0 Å². The van der Waals surface area contributed by atoms with E-state index in [1.807, 2.05) is 0 Å². The summed E-state index contributed by atoms with van der Waals surface area (Å²) in [5.41, 5.74) is 0.565. The maximum Gasteiger partial charge on any atom is 0.273 e. The molecular formula is C11H11ClN4O3. The summed E-state index contributed by atoms with van der Waals surface area (Å²) in [7, 11) is 1.70. The molecule has 8 heteroatoms. The van der Waals surface area contributed by atoms with Gasteiger partial charge in [0.25, 0.3) is 5.69 Å². The van der Waals surface area contributed by atoms with Crippen molar-refractivity contribution in [1.29, 1.82) is 0 Å². The molecule has 2 rings (SSSR count). The SMILES string of the molecule is CCOc1cc([N+](=O)[O-])ccc1-c1nnc(Cl)n1C. The van der Waals surface area contributed by atoms with Gasteiger partial charge >= 0.3 is 0 Å². The summed E-state index contributed by atoms with van der Waals surface area (Å²) in [6.45, 7) is 2.19. The fraction of sp³-hybridized carbons (Fsp3) is 0.273. The van der Waals surface area contributed by atoms with Crippen LogP contribution in [0.25, 0.3) is 11.4 Å². The number of non-ortho nitro benzene ring substituents is 1. The zero-order valence-electron chi connectivity index (χ0n) is 10.3. The Labute approximate surface area is 113 Å². The average molecular weight is 283 g/mol. The van der Waals surface area contributed by atoms with Crippen LogP contribution in [0.1, 0.15) is 6.92 Å². The molecule has 0 spiro atoms. The van der Waals surface area contributed by atoms with E-state index in [2.05, 4.69) is 10.2 Å². The van der Waals surface area contributed by atoms with E-state index in [4.69, 9.17) is 16.3 Å². The molecule has 1 aromatic heterocycles. The largest absolute Gasteiger partial charge is 0.493 e. The Kier molecular flexibility index (Phi) is 3.66. The molecule has 0 atom stereocenters. The number of nitrogens with zero attached hydrogens (tertiary/aromatic N) is 4. The van der Waals surface area contributed by atoms with Crippen molar-refractivity contribution in [3.8, 4) is 17.1 Å². The Morgan fingerprint density at radius 3 is 2.74 bits per heavy atom. The van der Waals surface area contributed by atoms with Crippen molar-refractivity contribution >= 4 is 17.3 Å². The van der Waals surface area contributed by atoms with Gasteiger partial charge in [0.05, 0.1) is 23.2 Å². The van der Waals surface area contributed by atoms with Crippen LogP contribution in [-0.2, 0) is 7.05 Å². The highest BCUT2D eigenvalue weighted by molar-refractivity contribution is 6.28. The first-order valence-corrected chi connectivity index (χ1v) is 5.89. The van der Waals surface area contributed by atoms with E-state index in [9.17, 15) is 10.1 Å². The average Bonchev–Trinajstić information content (AvgIpc) is 2.70. The highest BCUT2D eigenvalue weighted by Gasteiger charge is 2.17. The number of nitro benzene ring substituents is 1. The molecule has 0 saturated carbocycles. The summed E-state index contributed by atoms with van der Waals surface area (Å²) in [4.78, 5) is 10.3. The number of halogens is 1. The first kappa shape index (κ1) is 13.3. The van der Waals surface area contributed by atoms with E-state index in [1.54, 1.807) is 24.6 Å². The van der Waals surface area contributed by atoms with Crippen LogP contribution in [0.5, 0.6) is 5.75 Å². The van der Waals surface area contributed by atoms with Gasteiger partial charge in [0.1, 0.15) is 5.75 Å². The Hall–Kier alpha value is -2.15. The van der Waals surface area contributed by atoms with Crippen LogP contribution in [0, 0.1) is 10.1 Å². The topological polar surface area (TPSA) is 83.1 Å². The third kappa shape index (κ3) is 2.50. The van der Waals surface area contributed by atoms with Crippen molar-refractivity contribution in [2.45, 2.75) is 6.92 Å². The smallest absolute Gasteiger partial charge is 0.273 e. The van der Waals surface area contributed by atoms with Gasteiger partial charge in [-0.1, -0.05) is 0 Å². The van der Waals surface area contributed by atoms with Gasteiger partial charge in [-0.05, 0) is 24.6 Å². The molecule has 0 aliphatic heterocycles. The van der Waals surface area contributed by atoms with Crippen LogP contribution in [0.4, 0.5) is 5.69 Å². The molecule has 0 N–H and O–H groups in total. The molecule has 2 aromatic rings. The minimum Gasteiger partial charge on any atom is -0.493 e. The fourth-order valence-electron chi connectivity index (χ4n) is 1.63. The van der Waals surface area contributed by atoms with Crippen LogP contribution < -0.4 is 4.74 Å². The lowest BCUT2D eigenvalue weighted by Gasteiger charge is -2.09. The zero-order valence-corrected chi connectivity index (χ0v) is 11.1. The van der Waals surface area contributed by atoms with Gasteiger partial charge in [-0.15, -0.1) is 10.2 Å². The molecule has 0 radical (unpaired) electrons. The summed E-state index contributed by atoms with van der Waals surface area (Å²) >= 11 is 5.83. The Morgan fingerprint density at radius 1 is 1.47 bits per heavy atom. The second kappa shape index (κ2) is 5.23. The van der Waals surface area contributed by atoms with Gasteiger partial charge in [-0.3, -0.25) is 10.1 Å². The van der Waals surface area contributed by atoms with Crippen LogP contribution in [0.15, 0.2) is 18.2 Å². The zero-order chi connectivity index (χ0) is 14.0. The number of ether oxygens (including phenoxy) is 1. The van der Waals surface area contributed by atoms with Crippen molar-refractivity contribution in [2.24, 2.45) is 7.05 Å². The lowest BCUT2D eigenvalue weighted by Crippen LogP contribution is -1.99. The van der Waals surface area contributed by atoms with E-state index in [1.165, 1.54) is 12.1 Å². The highest BCUT2D eigenvalue weighted by atomic mass is 35.5. The minimum atomic E-state index is -0.476. The van der Waals surface area contributed by atoms with Crippen molar-refractivity contribution in [3.63, 3.8) is 0 Å². The van der Waals surface area contributed by atoms with Gasteiger partial charge in [0, 0.05) is 13.1 Å². The normalized spacial score (nSPS) is 10.5. The molecular weight excluding hydrogens is 272 g/mol.